The predicted molar refractivity (Wildman–Crippen MR) is 124 cm³/mol. The molecule has 0 amide bonds. The monoisotopic (exact) mass is 458 g/mol. The van der Waals surface area contributed by atoms with Crippen LogP contribution < -0.4 is 0 Å². The quantitative estimate of drug-likeness (QED) is 0.366. The van der Waals surface area contributed by atoms with Gasteiger partial charge in [-0.25, -0.2) is 9.59 Å². The topological polar surface area (TPSA) is 156 Å². The molecule has 3 rings (SSSR count). The van der Waals surface area contributed by atoms with Crippen molar-refractivity contribution in [2.24, 2.45) is 10.8 Å². The Kier molecular flexibility index (Phi) is 15.0. The number of carbonyl (C=O) groups is 2. The third-order valence-electron chi connectivity index (χ3n) is 6.26. The van der Waals surface area contributed by atoms with Gasteiger partial charge in [-0.05, 0) is 29.7 Å². The van der Waals surface area contributed by atoms with E-state index < -0.39 is 17.7 Å². The highest BCUT2D eigenvalue weighted by molar-refractivity contribution is 5.91. The Labute approximate surface area is 191 Å². The molecular formula is C24H42O8. The van der Waals surface area contributed by atoms with Gasteiger partial charge in [-0.2, -0.15) is 0 Å². The van der Waals surface area contributed by atoms with Crippen LogP contribution in [0.1, 0.15) is 93.4 Å². The van der Waals surface area contributed by atoms with Gasteiger partial charge in [0, 0.05) is 26.1 Å². The Hall–Kier alpha value is -2.00. The molecule has 1 aromatic rings. The van der Waals surface area contributed by atoms with Gasteiger partial charge >= 0.3 is 11.9 Å². The molecule has 0 spiro atoms. The van der Waals surface area contributed by atoms with Crippen molar-refractivity contribution < 1.29 is 40.2 Å². The van der Waals surface area contributed by atoms with Crippen molar-refractivity contribution in [3.05, 3.63) is 35.4 Å². The van der Waals surface area contributed by atoms with Crippen molar-refractivity contribution in [2.75, 3.05) is 14.2 Å². The number of aromatic carboxylic acids is 2. The van der Waals surface area contributed by atoms with Crippen molar-refractivity contribution in [2.45, 2.75) is 78.4 Å². The molecule has 2 aliphatic rings. The van der Waals surface area contributed by atoms with Crippen LogP contribution in [-0.2, 0) is 0 Å². The number of carboxylic acid groups (broad SMARTS) is 2. The van der Waals surface area contributed by atoms with Crippen LogP contribution in [0, 0.1) is 10.8 Å². The lowest BCUT2D eigenvalue weighted by atomic mass is 9.49. The summed E-state index contributed by atoms with van der Waals surface area (Å²) >= 11 is 0. The van der Waals surface area contributed by atoms with Crippen LogP contribution in [0.4, 0.5) is 0 Å². The first kappa shape index (κ1) is 32.2. The van der Waals surface area contributed by atoms with Gasteiger partial charge in [-0.1, -0.05) is 66.2 Å². The number of aliphatic hydroxyl groups excluding tert-OH is 2. The highest BCUT2D eigenvalue weighted by atomic mass is 16.5. The van der Waals surface area contributed by atoms with Gasteiger partial charge < -0.3 is 30.6 Å². The maximum atomic E-state index is 10.3. The van der Waals surface area contributed by atoms with E-state index in [4.69, 9.17) is 20.4 Å². The zero-order valence-corrected chi connectivity index (χ0v) is 20.3. The number of hydrogen-bond donors (Lipinski definition) is 6. The summed E-state index contributed by atoms with van der Waals surface area (Å²) in [6.45, 7) is 7.88. The predicted octanol–water partition coefficient (Wildman–Crippen LogP) is 3.76. The molecule has 0 bridgehead atoms. The van der Waals surface area contributed by atoms with Crippen molar-refractivity contribution in [1.29, 1.82) is 0 Å². The van der Waals surface area contributed by atoms with Gasteiger partial charge in [0.25, 0.3) is 0 Å². The summed E-state index contributed by atoms with van der Waals surface area (Å²) < 4.78 is 0. The summed E-state index contributed by atoms with van der Waals surface area (Å²) in [5, 5.41) is 49.6. The Balaban J connectivity index is 0. The van der Waals surface area contributed by atoms with E-state index in [1.54, 1.807) is 0 Å². The van der Waals surface area contributed by atoms with Crippen LogP contribution in [0.25, 0.3) is 0 Å². The van der Waals surface area contributed by atoms with Gasteiger partial charge in [-0.3, -0.25) is 0 Å². The molecule has 8 heteroatoms. The second-order valence-electron chi connectivity index (χ2n) is 8.81. The normalized spacial score (nSPS) is 18.7. The molecule has 0 saturated heterocycles. The molecule has 0 aliphatic heterocycles. The molecule has 0 radical (unpaired) electrons. The largest absolute Gasteiger partial charge is 0.478 e. The minimum absolute atomic E-state index is 0.0521. The highest BCUT2D eigenvalue weighted by Gasteiger charge is 2.63. The van der Waals surface area contributed by atoms with E-state index in [0.717, 1.165) is 14.2 Å². The number of aliphatic hydroxyl groups is 4. The molecule has 0 aromatic heterocycles. The first-order chi connectivity index (χ1) is 14.8. The number of carboxylic acids is 2. The lowest BCUT2D eigenvalue weighted by Crippen LogP contribution is -2.65. The lowest BCUT2D eigenvalue weighted by Gasteiger charge is -2.61. The molecule has 2 fully saturated rings. The van der Waals surface area contributed by atoms with E-state index >= 15 is 0 Å². The molecular weight excluding hydrogens is 416 g/mol. The third-order valence-corrected chi connectivity index (χ3v) is 6.26. The van der Waals surface area contributed by atoms with Crippen molar-refractivity contribution in [1.82, 2.24) is 0 Å². The average molecular weight is 459 g/mol. The number of benzene rings is 1. The number of rotatable bonds is 2. The maximum absolute atomic E-state index is 10.3. The van der Waals surface area contributed by atoms with E-state index in [2.05, 4.69) is 13.8 Å². The molecule has 1 aromatic carbocycles. The SMILES string of the molecule is C1CCCCC1.CC1(C)CC(O)(O)C1(C)C.CO.CO.O=C(O)c1ccc(C(=O)O)cc1. The maximum Gasteiger partial charge on any atom is 0.335 e. The van der Waals surface area contributed by atoms with Crippen LogP contribution >= 0.6 is 0 Å². The van der Waals surface area contributed by atoms with Crippen LogP contribution in [0.15, 0.2) is 24.3 Å². The molecule has 6 N–H and O–H groups in total. The van der Waals surface area contributed by atoms with E-state index in [0.29, 0.717) is 6.42 Å². The molecule has 186 valence electrons. The van der Waals surface area contributed by atoms with E-state index in [-0.39, 0.29) is 22.0 Å². The summed E-state index contributed by atoms with van der Waals surface area (Å²) in [5.41, 5.74) is -0.156. The fourth-order valence-electron chi connectivity index (χ4n) is 3.31. The summed E-state index contributed by atoms with van der Waals surface area (Å²) in [7, 11) is 2.00. The molecule has 0 unspecified atom stereocenters. The molecule has 0 atom stereocenters. The Morgan fingerprint density at radius 2 is 0.906 bits per heavy atom. The van der Waals surface area contributed by atoms with E-state index in [9.17, 15) is 19.8 Å². The molecule has 32 heavy (non-hydrogen) atoms. The second kappa shape index (κ2) is 14.9. The van der Waals surface area contributed by atoms with Gasteiger partial charge in [-0.15, -0.1) is 0 Å². The van der Waals surface area contributed by atoms with Crippen LogP contribution in [-0.4, -0.2) is 62.6 Å². The van der Waals surface area contributed by atoms with Crippen LogP contribution in [0.2, 0.25) is 0 Å². The van der Waals surface area contributed by atoms with Crippen LogP contribution in [0.5, 0.6) is 0 Å². The minimum Gasteiger partial charge on any atom is -0.478 e. The third kappa shape index (κ3) is 9.65. The van der Waals surface area contributed by atoms with Gasteiger partial charge in [0.2, 0.25) is 0 Å². The molecule has 0 heterocycles. The Morgan fingerprint density at radius 1 is 0.656 bits per heavy atom. The zero-order valence-electron chi connectivity index (χ0n) is 20.3. The summed E-state index contributed by atoms with van der Waals surface area (Å²) in [5.74, 6) is -3.57. The van der Waals surface area contributed by atoms with Crippen LogP contribution in [0.3, 0.4) is 0 Å². The summed E-state index contributed by atoms with van der Waals surface area (Å²) in [4.78, 5) is 20.7. The van der Waals surface area contributed by atoms with Crippen molar-refractivity contribution in [3.8, 4) is 0 Å². The van der Waals surface area contributed by atoms with E-state index in [1.165, 1.54) is 62.8 Å². The Bertz CT molecular complexity index is 599. The first-order valence-corrected chi connectivity index (χ1v) is 10.7. The highest BCUT2D eigenvalue weighted by Crippen LogP contribution is 2.60. The summed E-state index contributed by atoms with van der Waals surface area (Å²) in [6, 6.07) is 5.02. The summed E-state index contributed by atoms with van der Waals surface area (Å²) in [6.07, 6.45) is 9.48. The zero-order chi connectivity index (χ0) is 25.6. The first-order valence-electron chi connectivity index (χ1n) is 10.7. The van der Waals surface area contributed by atoms with Crippen molar-refractivity contribution in [3.63, 3.8) is 0 Å². The Morgan fingerprint density at radius 3 is 1.00 bits per heavy atom. The molecule has 2 saturated carbocycles. The smallest absolute Gasteiger partial charge is 0.335 e. The van der Waals surface area contributed by atoms with Gasteiger partial charge in [0.05, 0.1) is 11.1 Å². The standard InChI is InChI=1S/C8H6O4.C8H16O2.C6H12.2CH4O/c9-7(10)5-1-2-6(4-3-5)8(11)12;1-6(2)5-8(9,10)7(6,3)4;1-2-4-6-5-3-1;2*1-2/h1-4H,(H,9,10)(H,11,12);9-10H,5H2,1-4H3;1-6H2;2*2H,1H3. The molecule has 8 nitrogen and oxygen atoms in total. The second-order valence-corrected chi connectivity index (χ2v) is 8.81. The van der Waals surface area contributed by atoms with Gasteiger partial charge in [0.1, 0.15) is 0 Å². The number of hydrogen-bond acceptors (Lipinski definition) is 6. The lowest BCUT2D eigenvalue weighted by molar-refractivity contribution is -0.350. The fraction of sp³-hybridized carbons (Fsp3) is 0.667. The molecule has 2 aliphatic carbocycles. The average Bonchev–Trinajstić information content (AvgIpc) is 2.78. The fourth-order valence-corrected chi connectivity index (χ4v) is 3.31. The van der Waals surface area contributed by atoms with E-state index in [1.807, 2.05) is 13.8 Å². The van der Waals surface area contributed by atoms with Crippen molar-refractivity contribution >= 4 is 11.9 Å². The van der Waals surface area contributed by atoms with Gasteiger partial charge in [0.15, 0.2) is 5.79 Å². The minimum atomic E-state index is -1.45.